The molecular weight excluding hydrogens is 270 g/mol. The zero-order chi connectivity index (χ0) is 11.5. The molecule has 0 aromatic carbocycles. The van der Waals surface area contributed by atoms with E-state index in [0.29, 0.717) is 6.42 Å². The number of hydrogen-bond acceptors (Lipinski definition) is 3. The van der Waals surface area contributed by atoms with Gasteiger partial charge in [0.1, 0.15) is 6.10 Å². The number of halogens is 1. The number of nitrogens with zero attached hydrogens (tertiary/aromatic N) is 1. The minimum atomic E-state index is -0.222. The third kappa shape index (κ3) is 2.89. The van der Waals surface area contributed by atoms with Crippen LogP contribution in [-0.4, -0.2) is 23.0 Å². The second-order valence-electron chi connectivity index (χ2n) is 4.12. The van der Waals surface area contributed by atoms with Gasteiger partial charge >= 0.3 is 0 Å². The molecule has 0 N–H and O–H groups in total. The van der Waals surface area contributed by atoms with Crippen molar-refractivity contribution < 1.29 is 9.53 Å². The fraction of sp³-hybridized carbons (Fsp3) is 0.500. The molecule has 0 amide bonds. The Morgan fingerprint density at radius 2 is 2.38 bits per heavy atom. The van der Waals surface area contributed by atoms with Crippen LogP contribution in [0.5, 0.6) is 0 Å². The highest BCUT2D eigenvalue weighted by Crippen LogP contribution is 2.20. The molecule has 1 aromatic heterocycles. The lowest BCUT2D eigenvalue weighted by atomic mass is 10.1. The largest absolute Gasteiger partial charge is 0.367 e. The normalized spacial score (nSPS) is 24.6. The number of hydrogen-bond donors (Lipinski definition) is 0. The van der Waals surface area contributed by atoms with Gasteiger partial charge in [0.2, 0.25) is 0 Å². The van der Waals surface area contributed by atoms with E-state index in [-0.39, 0.29) is 18.0 Å². The van der Waals surface area contributed by atoms with Crippen molar-refractivity contribution >= 4 is 21.7 Å². The SMILES string of the molecule is CC1CCC(C(=O)Cc2ccc(Br)cn2)O1. The van der Waals surface area contributed by atoms with Gasteiger partial charge in [-0.05, 0) is 47.8 Å². The summed E-state index contributed by atoms with van der Waals surface area (Å²) in [6, 6.07) is 3.76. The van der Waals surface area contributed by atoms with Gasteiger partial charge in [0.15, 0.2) is 5.78 Å². The van der Waals surface area contributed by atoms with Gasteiger partial charge in [-0.3, -0.25) is 9.78 Å². The van der Waals surface area contributed by atoms with Crippen LogP contribution < -0.4 is 0 Å². The minimum absolute atomic E-state index is 0.138. The van der Waals surface area contributed by atoms with E-state index in [9.17, 15) is 4.79 Å². The molecule has 0 spiro atoms. The van der Waals surface area contributed by atoms with Crippen molar-refractivity contribution in [2.24, 2.45) is 0 Å². The average Bonchev–Trinajstić information content (AvgIpc) is 2.68. The molecule has 0 aliphatic carbocycles. The van der Waals surface area contributed by atoms with Crippen molar-refractivity contribution in [1.29, 1.82) is 0 Å². The molecule has 0 saturated carbocycles. The van der Waals surface area contributed by atoms with Crippen LogP contribution in [0.15, 0.2) is 22.8 Å². The van der Waals surface area contributed by atoms with Gasteiger partial charge < -0.3 is 4.74 Å². The average molecular weight is 284 g/mol. The number of carbonyl (C=O) groups excluding carboxylic acids is 1. The van der Waals surface area contributed by atoms with Crippen LogP contribution in [0.3, 0.4) is 0 Å². The molecule has 2 unspecified atom stereocenters. The molecule has 0 bridgehead atoms. The summed E-state index contributed by atoms with van der Waals surface area (Å²) >= 11 is 3.31. The Morgan fingerprint density at radius 3 is 2.94 bits per heavy atom. The number of ketones is 1. The lowest BCUT2D eigenvalue weighted by Crippen LogP contribution is -2.22. The molecule has 1 fully saturated rings. The minimum Gasteiger partial charge on any atom is -0.367 e. The van der Waals surface area contributed by atoms with Gasteiger partial charge in [0, 0.05) is 16.4 Å². The smallest absolute Gasteiger partial charge is 0.167 e. The second-order valence-corrected chi connectivity index (χ2v) is 5.04. The fourth-order valence-corrected chi connectivity index (χ4v) is 2.08. The van der Waals surface area contributed by atoms with Gasteiger partial charge in [-0.25, -0.2) is 0 Å². The van der Waals surface area contributed by atoms with Crippen molar-refractivity contribution in [3.63, 3.8) is 0 Å². The van der Waals surface area contributed by atoms with Crippen LogP contribution in [0.2, 0.25) is 0 Å². The van der Waals surface area contributed by atoms with Crippen molar-refractivity contribution in [3.8, 4) is 0 Å². The van der Waals surface area contributed by atoms with Gasteiger partial charge in [0.05, 0.1) is 12.5 Å². The first-order valence-corrected chi connectivity index (χ1v) is 6.23. The molecule has 86 valence electrons. The lowest BCUT2D eigenvalue weighted by Gasteiger charge is -2.09. The molecular formula is C12H14BrNO2. The Kier molecular flexibility index (Phi) is 3.71. The zero-order valence-corrected chi connectivity index (χ0v) is 10.7. The van der Waals surface area contributed by atoms with Crippen LogP contribution in [0, 0.1) is 0 Å². The summed E-state index contributed by atoms with van der Waals surface area (Å²) in [4.78, 5) is 16.1. The summed E-state index contributed by atoms with van der Waals surface area (Å²) in [6.45, 7) is 2.01. The molecule has 1 aliphatic rings. The Hall–Kier alpha value is -0.740. The standard InChI is InChI=1S/C12H14BrNO2/c1-8-2-5-12(16-8)11(15)6-10-4-3-9(13)7-14-10/h3-4,7-8,12H,2,5-6H2,1H3. The van der Waals surface area contributed by atoms with Crippen molar-refractivity contribution in [1.82, 2.24) is 4.98 Å². The summed E-state index contributed by atoms with van der Waals surface area (Å²) in [7, 11) is 0. The fourth-order valence-electron chi connectivity index (χ4n) is 1.84. The van der Waals surface area contributed by atoms with Crippen molar-refractivity contribution in [3.05, 3.63) is 28.5 Å². The quantitative estimate of drug-likeness (QED) is 0.856. The summed E-state index contributed by atoms with van der Waals surface area (Å²) in [5.41, 5.74) is 0.802. The molecule has 16 heavy (non-hydrogen) atoms. The first-order chi connectivity index (χ1) is 7.65. The Balaban J connectivity index is 1.94. The monoisotopic (exact) mass is 283 g/mol. The van der Waals surface area contributed by atoms with E-state index >= 15 is 0 Å². The highest BCUT2D eigenvalue weighted by Gasteiger charge is 2.27. The van der Waals surface area contributed by atoms with Crippen LogP contribution in [0.4, 0.5) is 0 Å². The van der Waals surface area contributed by atoms with Gasteiger partial charge in [-0.2, -0.15) is 0 Å². The summed E-state index contributed by atoms with van der Waals surface area (Å²) in [6.07, 6.45) is 3.89. The second kappa shape index (κ2) is 5.06. The summed E-state index contributed by atoms with van der Waals surface area (Å²) < 4.78 is 6.46. The molecule has 2 heterocycles. The van der Waals surface area contributed by atoms with Gasteiger partial charge in [-0.1, -0.05) is 0 Å². The lowest BCUT2D eigenvalue weighted by molar-refractivity contribution is -0.128. The first-order valence-electron chi connectivity index (χ1n) is 5.44. The molecule has 1 aromatic rings. The van der Waals surface area contributed by atoms with Crippen LogP contribution in [-0.2, 0) is 16.0 Å². The van der Waals surface area contributed by atoms with Gasteiger partial charge in [-0.15, -0.1) is 0 Å². The van der Waals surface area contributed by atoms with Crippen LogP contribution in [0.25, 0.3) is 0 Å². The van der Waals surface area contributed by atoms with Gasteiger partial charge in [0.25, 0.3) is 0 Å². The van der Waals surface area contributed by atoms with E-state index < -0.39 is 0 Å². The summed E-state index contributed by atoms with van der Waals surface area (Å²) in [5.74, 6) is 0.138. The highest BCUT2D eigenvalue weighted by molar-refractivity contribution is 9.10. The van der Waals surface area contributed by atoms with Crippen molar-refractivity contribution in [2.45, 2.75) is 38.4 Å². The topological polar surface area (TPSA) is 39.2 Å². The Labute approximate surface area is 103 Å². The maximum atomic E-state index is 11.9. The summed E-state index contributed by atoms with van der Waals surface area (Å²) in [5, 5.41) is 0. The first kappa shape index (κ1) is 11.7. The predicted molar refractivity (Wildman–Crippen MR) is 64.2 cm³/mol. The van der Waals surface area contributed by atoms with Crippen LogP contribution >= 0.6 is 15.9 Å². The highest BCUT2D eigenvalue weighted by atomic mass is 79.9. The van der Waals surface area contributed by atoms with Crippen LogP contribution in [0.1, 0.15) is 25.5 Å². The molecule has 3 nitrogen and oxygen atoms in total. The number of Topliss-reactive ketones (excluding diaryl/α,β-unsaturated/α-hetero) is 1. The van der Waals surface area contributed by atoms with E-state index in [2.05, 4.69) is 20.9 Å². The van der Waals surface area contributed by atoms with E-state index in [1.165, 1.54) is 0 Å². The van der Waals surface area contributed by atoms with Crippen molar-refractivity contribution in [2.75, 3.05) is 0 Å². The Bertz CT molecular complexity index is 377. The van der Waals surface area contributed by atoms with E-state index in [1.807, 2.05) is 19.1 Å². The molecule has 1 saturated heterocycles. The number of aromatic nitrogens is 1. The molecule has 0 radical (unpaired) electrons. The third-order valence-corrected chi connectivity index (χ3v) is 3.20. The molecule has 1 aliphatic heterocycles. The third-order valence-electron chi connectivity index (χ3n) is 2.74. The van der Waals surface area contributed by atoms with E-state index in [0.717, 1.165) is 23.0 Å². The maximum Gasteiger partial charge on any atom is 0.167 e. The maximum absolute atomic E-state index is 11.9. The number of pyridine rings is 1. The molecule has 2 rings (SSSR count). The molecule has 4 heteroatoms. The number of carbonyl (C=O) groups is 1. The number of ether oxygens (including phenoxy) is 1. The zero-order valence-electron chi connectivity index (χ0n) is 9.15. The number of rotatable bonds is 3. The Morgan fingerprint density at radius 1 is 1.56 bits per heavy atom. The van der Waals surface area contributed by atoms with E-state index in [4.69, 9.17) is 4.74 Å². The molecule has 2 atom stereocenters. The predicted octanol–water partition coefficient (Wildman–Crippen LogP) is 2.52. The van der Waals surface area contributed by atoms with E-state index in [1.54, 1.807) is 6.20 Å².